The number of rotatable bonds is 4. The molecule has 0 unspecified atom stereocenters. The first-order chi connectivity index (χ1) is 9.43. The van der Waals surface area contributed by atoms with Gasteiger partial charge in [0.15, 0.2) is 6.29 Å². The van der Waals surface area contributed by atoms with Crippen molar-refractivity contribution in [2.75, 3.05) is 5.73 Å². The molecule has 0 aliphatic carbocycles. The third kappa shape index (κ3) is 2.50. The van der Waals surface area contributed by atoms with Crippen LogP contribution in [0.15, 0.2) is 18.2 Å². The lowest BCUT2D eigenvalue weighted by atomic mass is 10.1. The Hall–Kier alpha value is -2.34. The normalized spacial score (nSPS) is 10.5. The molecule has 3 N–H and O–H groups in total. The molecule has 0 amide bonds. The summed E-state index contributed by atoms with van der Waals surface area (Å²) < 4.78 is 1.09. The predicted molar refractivity (Wildman–Crippen MR) is 74.8 cm³/mol. The molecule has 0 radical (unpaired) electrons. The minimum Gasteiger partial charge on any atom is -0.480 e. The quantitative estimate of drug-likeness (QED) is 0.840. The molecule has 0 spiro atoms. The molecule has 6 nitrogen and oxygen atoms in total. The SMILES string of the molecule is Cc1cc(-c2nn(CC(=O)O)c(N)c2C=O)ccc1Cl. The van der Waals surface area contributed by atoms with Crippen molar-refractivity contribution >= 4 is 29.7 Å². The summed E-state index contributed by atoms with van der Waals surface area (Å²) in [5.74, 6) is -1.06. The average molecular weight is 294 g/mol. The molecule has 0 bridgehead atoms. The summed E-state index contributed by atoms with van der Waals surface area (Å²) in [7, 11) is 0. The van der Waals surface area contributed by atoms with Gasteiger partial charge < -0.3 is 10.8 Å². The number of carboxylic acids is 1. The van der Waals surface area contributed by atoms with Crippen LogP contribution in [0.2, 0.25) is 5.02 Å². The number of halogens is 1. The first kappa shape index (κ1) is 14.1. The minimum atomic E-state index is -1.09. The zero-order valence-corrected chi connectivity index (χ0v) is 11.4. The van der Waals surface area contributed by atoms with E-state index in [2.05, 4.69) is 5.10 Å². The number of aldehydes is 1. The van der Waals surface area contributed by atoms with E-state index in [9.17, 15) is 9.59 Å². The Kier molecular flexibility index (Phi) is 3.76. The van der Waals surface area contributed by atoms with Gasteiger partial charge in [0.05, 0.1) is 5.56 Å². The van der Waals surface area contributed by atoms with E-state index in [0.717, 1.165) is 10.2 Å². The van der Waals surface area contributed by atoms with E-state index in [0.29, 0.717) is 22.6 Å². The second-order valence-electron chi connectivity index (χ2n) is 4.28. The Labute approximate surface area is 119 Å². The van der Waals surface area contributed by atoms with Gasteiger partial charge in [0, 0.05) is 10.6 Å². The third-order valence-electron chi connectivity index (χ3n) is 2.86. The number of aryl methyl sites for hydroxylation is 1. The monoisotopic (exact) mass is 293 g/mol. The molecule has 0 saturated carbocycles. The lowest BCUT2D eigenvalue weighted by Crippen LogP contribution is -2.12. The van der Waals surface area contributed by atoms with E-state index < -0.39 is 12.5 Å². The fourth-order valence-corrected chi connectivity index (χ4v) is 1.98. The maximum absolute atomic E-state index is 11.2. The summed E-state index contributed by atoms with van der Waals surface area (Å²) in [5, 5.41) is 13.5. The standard InChI is InChI=1S/C13H12ClN3O3/c1-7-4-8(2-3-10(7)14)12-9(6-18)13(15)17(16-12)5-11(19)20/h2-4,6H,5,15H2,1H3,(H,19,20). The van der Waals surface area contributed by atoms with Crippen LogP contribution in [-0.2, 0) is 11.3 Å². The van der Waals surface area contributed by atoms with Crippen molar-refractivity contribution in [1.29, 1.82) is 0 Å². The zero-order valence-electron chi connectivity index (χ0n) is 10.6. The zero-order chi connectivity index (χ0) is 14.9. The first-order valence-corrected chi connectivity index (χ1v) is 6.11. The third-order valence-corrected chi connectivity index (χ3v) is 3.29. The summed E-state index contributed by atoms with van der Waals surface area (Å²) in [6, 6.07) is 5.16. The number of aromatic nitrogens is 2. The average Bonchev–Trinajstić information content (AvgIpc) is 2.69. The molecule has 0 aliphatic heterocycles. The van der Waals surface area contributed by atoms with Crippen molar-refractivity contribution in [2.24, 2.45) is 0 Å². The number of benzene rings is 1. The maximum Gasteiger partial charge on any atom is 0.325 e. The molecule has 1 aromatic carbocycles. The van der Waals surface area contributed by atoms with Crippen LogP contribution in [0.5, 0.6) is 0 Å². The molecule has 20 heavy (non-hydrogen) atoms. The van der Waals surface area contributed by atoms with E-state index in [1.807, 2.05) is 6.92 Å². The first-order valence-electron chi connectivity index (χ1n) is 5.73. The molecular formula is C13H12ClN3O3. The fourth-order valence-electron chi connectivity index (χ4n) is 1.86. The maximum atomic E-state index is 11.2. The lowest BCUT2D eigenvalue weighted by molar-refractivity contribution is -0.137. The molecule has 0 fully saturated rings. The number of nitrogens with zero attached hydrogens (tertiary/aromatic N) is 2. The minimum absolute atomic E-state index is 0.0324. The van der Waals surface area contributed by atoms with Crippen LogP contribution in [0, 0.1) is 6.92 Å². The van der Waals surface area contributed by atoms with Crippen molar-refractivity contribution in [3.8, 4) is 11.3 Å². The molecule has 2 rings (SSSR count). The van der Waals surface area contributed by atoms with Crippen LogP contribution in [0.1, 0.15) is 15.9 Å². The predicted octanol–water partition coefficient (Wildman–Crippen LogP) is 1.99. The molecule has 0 aliphatic rings. The van der Waals surface area contributed by atoms with Crippen LogP contribution in [0.3, 0.4) is 0 Å². The Morgan fingerprint density at radius 1 is 1.55 bits per heavy atom. The van der Waals surface area contributed by atoms with Gasteiger partial charge in [0.2, 0.25) is 0 Å². The van der Waals surface area contributed by atoms with Crippen LogP contribution >= 0.6 is 11.6 Å². The van der Waals surface area contributed by atoms with Crippen molar-refractivity contribution in [3.05, 3.63) is 34.3 Å². The fraction of sp³-hybridized carbons (Fsp3) is 0.154. The molecule has 1 aromatic heterocycles. The number of nitrogen functional groups attached to an aromatic ring is 1. The number of anilines is 1. The van der Waals surface area contributed by atoms with Gasteiger partial charge in [-0.25, -0.2) is 4.68 Å². The second kappa shape index (κ2) is 5.34. The highest BCUT2D eigenvalue weighted by Gasteiger charge is 2.18. The van der Waals surface area contributed by atoms with Gasteiger partial charge in [0.25, 0.3) is 0 Å². The van der Waals surface area contributed by atoms with Crippen molar-refractivity contribution in [3.63, 3.8) is 0 Å². The van der Waals surface area contributed by atoms with E-state index in [-0.39, 0.29) is 11.4 Å². The number of aliphatic carboxylic acids is 1. The van der Waals surface area contributed by atoms with E-state index in [4.69, 9.17) is 22.4 Å². The summed E-state index contributed by atoms with van der Waals surface area (Å²) >= 11 is 5.95. The number of carbonyl (C=O) groups excluding carboxylic acids is 1. The largest absolute Gasteiger partial charge is 0.480 e. The van der Waals surface area contributed by atoms with E-state index in [1.165, 1.54) is 0 Å². The number of hydrogen-bond acceptors (Lipinski definition) is 4. The molecule has 1 heterocycles. The molecular weight excluding hydrogens is 282 g/mol. The van der Waals surface area contributed by atoms with Gasteiger partial charge in [-0.1, -0.05) is 17.7 Å². The topological polar surface area (TPSA) is 98.2 Å². The highest BCUT2D eigenvalue weighted by atomic mass is 35.5. The van der Waals surface area contributed by atoms with Gasteiger partial charge >= 0.3 is 5.97 Å². The molecule has 2 aromatic rings. The number of hydrogen-bond donors (Lipinski definition) is 2. The van der Waals surface area contributed by atoms with Gasteiger partial charge in [0.1, 0.15) is 18.1 Å². The number of nitrogens with two attached hydrogens (primary N) is 1. The second-order valence-corrected chi connectivity index (χ2v) is 4.69. The Morgan fingerprint density at radius 3 is 2.80 bits per heavy atom. The molecule has 0 saturated heterocycles. The van der Waals surface area contributed by atoms with Gasteiger partial charge in [-0.15, -0.1) is 0 Å². The van der Waals surface area contributed by atoms with Gasteiger partial charge in [-0.2, -0.15) is 5.10 Å². The molecule has 0 atom stereocenters. The molecule has 7 heteroatoms. The Bertz CT molecular complexity index is 694. The number of carbonyl (C=O) groups is 2. The van der Waals surface area contributed by atoms with Crippen LogP contribution < -0.4 is 5.73 Å². The van der Waals surface area contributed by atoms with Crippen molar-refractivity contribution in [2.45, 2.75) is 13.5 Å². The van der Waals surface area contributed by atoms with Crippen LogP contribution in [0.25, 0.3) is 11.3 Å². The highest BCUT2D eigenvalue weighted by Crippen LogP contribution is 2.28. The number of carboxylic acid groups (broad SMARTS) is 1. The smallest absolute Gasteiger partial charge is 0.325 e. The summed E-state index contributed by atoms with van der Waals surface area (Å²) in [6.45, 7) is 1.42. The summed E-state index contributed by atoms with van der Waals surface area (Å²) in [6.07, 6.45) is 0.569. The summed E-state index contributed by atoms with van der Waals surface area (Å²) in [5.41, 5.74) is 7.75. The van der Waals surface area contributed by atoms with Gasteiger partial charge in [-0.3, -0.25) is 9.59 Å². The Balaban J connectivity index is 2.58. The lowest BCUT2D eigenvalue weighted by Gasteiger charge is -2.02. The highest BCUT2D eigenvalue weighted by molar-refractivity contribution is 6.31. The Morgan fingerprint density at radius 2 is 2.25 bits per heavy atom. The van der Waals surface area contributed by atoms with E-state index in [1.54, 1.807) is 18.2 Å². The van der Waals surface area contributed by atoms with Crippen molar-refractivity contribution in [1.82, 2.24) is 9.78 Å². The van der Waals surface area contributed by atoms with Crippen molar-refractivity contribution < 1.29 is 14.7 Å². The van der Waals surface area contributed by atoms with Gasteiger partial charge in [-0.05, 0) is 24.6 Å². The van der Waals surface area contributed by atoms with Crippen LogP contribution in [-0.4, -0.2) is 27.1 Å². The molecule has 104 valence electrons. The van der Waals surface area contributed by atoms with Crippen LogP contribution in [0.4, 0.5) is 5.82 Å². The summed E-state index contributed by atoms with van der Waals surface area (Å²) in [4.78, 5) is 21.9. The van der Waals surface area contributed by atoms with E-state index >= 15 is 0 Å².